The molecule has 3 rings (SSSR count). The molecular weight excluding hydrogens is 299 g/mol. The highest BCUT2D eigenvalue weighted by Crippen LogP contribution is 2.18. The van der Waals surface area contributed by atoms with E-state index in [0.29, 0.717) is 35.8 Å². The summed E-state index contributed by atoms with van der Waals surface area (Å²) in [7, 11) is 0. The van der Waals surface area contributed by atoms with Gasteiger partial charge in [0.05, 0.1) is 5.69 Å². The third-order valence-electron chi connectivity index (χ3n) is 3.25. The minimum absolute atomic E-state index is 0.239. The zero-order valence-electron chi connectivity index (χ0n) is 12.5. The maximum absolute atomic E-state index is 12.9. The molecule has 2 N–H and O–H groups in total. The number of amides is 1. The minimum atomic E-state index is -0.308. The van der Waals surface area contributed by atoms with Crippen molar-refractivity contribution in [2.75, 3.05) is 6.54 Å². The molecule has 0 fully saturated rings. The largest absolute Gasteiger partial charge is 0.444 e. The van der Waals surface area contributed by atoms with Gasteiger partial charge in [-0.05, 0) is 37.3 Å². The highest BCUT2D eigenvalue weighted by Gasteiger charge is 2.10. The number of carbonyl (C=O) groups is 1. The first-order valence-electron chi connectivity index (χ1n) is 7.12. The van der Waals surface area contributed by atoms with Crippen molar-refractivity contribution < 1.29 is 13.6 Å². The highest BCUT2D eigenvalue weighted by molar-refractivity contribution is 5.92. The monoisotopic (exact) mass is 314 g/mol. The van der Waals surface area contributed by atoms with Gasteiger partial charge in [0.15, 0.2) is 0 Å². The molecule has 6 nitrogen and oxygen atoms in total. The Morgan fingerprint density at radius 3 is 2.83 bits per heavy atom. The molecule has 7 heteroatoms. The number of nitrogens with one attached hydrogen (secondary N) is 2. The fourth-order valence-electron chi connectivity index (χ4n) is 2.08. The van der Waals surface area contributed by atoms with Gasteiger partial charge < -0.3 is 9.73 Å². The lowest BCUT2D eigenvalue weighted by molar-refractivity contribution is 0.0949. The van der Waals surface area contributed by atoms with Crippen LogP contribution in [0.25, 0.3) is 11.5 Å². The first-order chi connectivity index (χ1) is 11.1. The molecule has 3 aromatic rings. The Balaban J connectivity index is 1.55. The van der Waals surface area contributed by atoms with E-state index in [2.05, 4.69) is 20.5 Å². The summed E-state index contributed by atoms with van der Waals surface area (Å²) in [4.78, 5) is 16.2. The minimum Gasteiger partial charge on any atom is -0.444 e. The van der Waals surface area contributed by atoms with Crippen LogP contribution in [0.1, 0.15) is 21.9 Å². The molecule has 0 saturated carbocycles. The summed E-state index contributed by atoms with van der Waals surface area (Å²) < 4.78 is 18.3. The third kappa shape index (κ3) is 3.63. The van der Waals surface area contributed by atoms with Crippen LogP contribution in [-0.4, -0.2) is 27.6 Å². The van der Waals surface area contributed by atoms with Crippen LogP contribution in [0.2, 0.25) is 0 Å². The summed E-state index contributed by atoms with van der Waals surface area (Å²) in [6, 6.07) is 7.59. The Kier molecular flexibility index (Phi) is 4.18. The van der Waals surface area contributed by atoms with E-state index < -0.39 is 0 Å². The molecule has 0 spiro atoms. The summed E-state index contributed by atoms with van der Waals surface area (Å²) in [5.41, 5.74) is 2.60. The van der Waals surface area contributed by atoms with Crippen LogP contribution in [0.3, 0.4) is 0 Å². The molecular formula is C16H15FN4O2. The normalized spacial score (nSPS) is 10.7. The number of aromatic nitrogens is 3. The predicted molar refractivity (Wildman–Crippen MR) is 81.3 cm³/mol. The van der Waals surface area contributed by atoms with E-state index in [0.717, 1.165) is 5.69 Å². The van der Waals surface area contributed by atoms with Crippen LogP contribution < -0.4 is 5.32 Å². The second-order valence-electron chi connectivity index (χ2n) is 5.09. The first kappa shape index (κ1) is 15.0. The topological polar surface area (TPSA) is 83.8 Å². The van der Waals surface area contributed by atoms with Crippen molar-refractivity contribution in [1.29, 1.82) is 0 Å². The number of carbonyl (C=O) groups excluding carboxylic acids is 1. The molecule has 1 aromatic carbocycles. The van der Waals surface area contributed by atoms with Crippen molar-refractivity contribution in [3.63, 3.8) is 0 Å². The van der Waals surface area contributed by atoms with Gasteiger partial charge in [0.2, 0.25) is 5.89 Å². The highest BCUT2D eigenvalue weighted by atomic mass is 19.1. The molecule has 0 atom stereocenters. The quantitative estimate of drug-likeness (QED) is 0.758. The van der Waals surface area contributed by atoms with Crippen LogP contribution in [0.5, 0.6) is 0 Å². The fourth-order valence-corrected chi connectivity index (χ4v) is 2.08. The van der Waals surface area contributed by atoms with Crippen molar-refractivity contribution >= 4 is 5.91 Å². The number of aromatic amines is 1. The van der Waals surface area contributed by atoms with Crippen LogP contribution >= 0.6 is 0 Å². The second-order valence-corrected chi connectivity index (χ2v) is 5.09. The van der Waals surface area contributed by atoms with Gasteiger partial charge in [0.1, 0.15) is 17.8 Å². The average Bonchev–Trinajstić information content (AvgIpc) is 3.17. The van der Waals surface area contributed by atoms with Gasteiger partial charge >= 0.3 is 0 Å². The molecule has 0 bridgehead atoms. The van der Waals surface area contributed by atoms with Crippen molar-refractivity contribution in [2.24, 2.45) is 0 Å². The molecule has 0 aliphatic heterocycles. The zero-order valence-corrected chi connectivity index (χ0v) is 12.5. The standard InChI is InChI=1S/C16H15FN4O2/c1-10-8-14(21-20-10)15(22)18-7-6-13-9-23-16(19-13)11-2-4-12(17)5-3-11/h2-5,8-9H,6-7H2,1H3,(H,18,22)(H,20,21). The number of halogens is 1. The molecule has 0 saturated heterocycles. The van der Waals surface area contributed by atoms with E-state index in [4.69, 9.17) is 4.42 Å². The average molecular weight is 314 g/mol. The zero-order chi connectivity index (χ0) is 16.2. The molecule has 0 aliphatic carbocycles. The van der Waals surface area contributed by atoms with E-state index >= 15 is 0 Å². The lowest BCUT2D eigenvalue weighted by atomic mass is 10.2. The van der Waals surface area contributed by atoms with Crippen molar-refractivity contribution in [2.45, 2.75) is 13.3 Å². The summed E-state index contributed by atoms with van der Waals surface area (Å²) in [5.74, 6) is -0.122. The van der Waals surface area contributed by atoms with Crippen LogP contribution in [-0.2, 0) is 6.42 Å². The number of oxazole rings is 1. The summed E-state index contributed by atoms with van der Waals surface area (Å²) >= 11 is 0. The van der Waals surface area contributed by atoms with Crippen molar-refractivity contribution in [3.8, 4) is 11.5 Å². The maximum atomic E-state index is 12.9. The molecule has 0 radical (unpaired) electrons. The number of aryl methyl sites for hydroxylation is 1. The number of rotatable bonds is 5. The molecule has 2 heterocycles. The molecule has 23 heavy (non-hydrogen) atoms. The van der Waals surface area contributed by atoms with Crippen LogP contribution in [0, 0.1) is 12.7 Å². The van der Waals surface area contributed by atoms with Gasteiger partial charge in [-0.15, -0.1) is 0 Å². The summed E-state index contributed by atoms with van der Waals surface area (Å²) in [5, 5.41) is 9.37. The third-order valence-corrected chi connectivity index (χ3v) is 3.25. The Bertz CT molecular complexity index is 808. The van der Waals surface area contributed by atoms with E-state index in [9.17, 15) is 9.18 Å². The Morgan fingerprint density at radius 2 is 2.13 bits per heavy atom. The number of hydrogen-bond donors (Lipinski definition) is 2. The number of H-pyrrole nitrogens is 1. The molecule has 2 aromatic heterocycles. The van der Waals surface area contributed by atoms with E-state index in [1.54, 1.807) is 18.2 Å². The summed E-state index contributed by atoms with van der Waals surface area (Å²) in [6.45, 7) is 2.25. The van der Waals surface area contributed by atoms with E-state index in [1.807, 2.05) is 6.92 Å². The number of benzene rings is 1. The van der Waals surface area contributed by atoms with Gasteiger partial charge in [0.25, 0.3) is 5.91 Å². The molecule has 1 amide bonds. The van der Waals surface area contributed by atoms with E-state index in [1.165, 1.54) is 18.4 Å². The van der Waals surface area contributed by atoms with Gasteiger partial charge in [-0.3, -0.25) is 9.89 Å². The molecule has 0 aliphatic rings. The van der Waals surface area contributed by atoms with Gasteiger partial charge in [-0.2, -0.15) is 5.10 Å². The first-order valence-corrected chi connectivity index (χ1v) is 7.12. The lowest BCUT2D eigenvalue weighted by Gasteiger charge is -2.00. The fraction of sp³-hybridized carbons (Fsp3) is 0.188. The van der Waals surface area contributed by atoms with Crippen molar-refractivity contribution in [1.82, 2.24) is 20.5 Å². The number of nitrogens with zero attached hydrogens (tertiary/aromatic N) is 2. The van der Waals surface area contributed by atoms with Crippen LogP contribution in [0.4, 0.5) is 4.39 Å². The second kappa shape index (κ2) is 6.43. The van der Waals surface area contributed by atoms with Crippen molar-refractivity contribution in [3.05, 3.63) is 59.5 Å². The Morgan fingerprint density at radius 1 is 1.35 bits per heavy atom. The lowest BCUT2D eigenvalue weighted by Crippen LogP contribution is -2.26. The predicted octanol–water partition coefficient (Wildman–Crippen LogP) is 2.48. The SMILES string of the molecule is Cc1cc(C(=O)NCCc2coc(-c3ccc(F)cc3)n2)n[nH]1. The Labute approximate surface area is 131 Å². The molecule has 0 unspecified atom stereocenters. The van der Waals surface area contributed by atoms with Gasteiger partial charge in [0, 0.05) is 24.2 Å². The van der Waals surface area contributed by atoms with E-state index in [-0.39, 0.29) is 11.7 Å². The van der Waals surface area contributed by atoms with Crippen LogP contribution in [0.15, 0.2) is 41.0 Å². The number of hydrogen-bond acceptors (Lipinski definition) is 4. The summed E-state index contributed by atoms with van der Waals surface area (Å²) in [6.07, 6.45) is 2.06. The maximum Gasteiger partial charge on any atom is 0.271 e. The smallest absolute Gasteiger partial charge is 0.271 e. The molecule has 118 valence electrons. The Hall–Kier alpha value is -2.96. The van der Waals surface area contributed by atoms with Gasteiger partial charge in [-0.1, -0.05) is 0 Å². The van der Waals surface area contributed by atoms with Gasteiger partial charge in [-0.25, -0.2) is 9.37 Å².